The Morgan fingerprint density at radius 3 is 0.970 bits per heavy atom. The molecule has 1 fully saturated rings. The quantitative estimate of drug-likeness (QED) is 0.0625. The maximum atomic E-state index is 13.3. The van der Waals surface area contributed by atoms with Crippen LogP contribution in [-0.4, -0.2) is 191 Å². The standard InChI is InChI=1S/C40H50F6N8O12/c41-39(42,43)27-5-1-25(2-6-27)17-29(37(63)64)49-33(57)23-53-13-9-51(21-31(55)47-19-35(59)60)11-15-54(16-12-52(10-14-53)22-32(56)48-20-36(61)62)24-34(58)50-30(38(65)66)18-26-3-7-28(8-4-26)40(44,45)46/h1-8,29-30H,9-24H2,(H,47,55)(H,48,56)(H,49,57)(H,50,58)(H,59,60)(H,61,62)(H,63,64)(H,65,66)/p-4/t29-,30-/m0/s1. The van der Waals surface area contributed by atoms with Crippen molar-refractivity contribution in [1.29, 1.82) is 0 Å². The predicted molar refractivity (Wildman–Crippen MR) is 214 cm³/mol. The highest BCUT2D eigenvalue weighted by atomic mass is 19.4. The van der Waals surface area contributed by atoms with Gasteiger partial charge in [-0.3, -0.25) is 49.2 Å². The summed E-state index contributed by atoms with van der Waals surface area (Å²) >= 11 is 0. The average molecular weight is 945 g/mol. The van der Waals surface area contributed by atoms with Crippen molar-refractivity contribution in [3.8, 4) is 0 Å². The van der Waals surface area contributed by atoms with Gasteiger partial charge in [0.15, 0.2) is 0 Å². The summed E-state index contributed by atoms with van der Waals surface area (Å²) in [5, 5.41) is 89.7. The molecule has 4 N–H and O–H groups in total. The van der Waals surface area contributed by atoms with E-state index in [1.54, 1.807) is 0 Å². The molecule has 0 amide bonds. The van der Waals surface area contributed by atoms with Gasteiger partial charge in [0, 0.05) is 91.4 Å². The largest absolute Gasteiger partial charge is 0.861 e. The third kappa shape index (κ3) is 20.2. The number of carboxylic acids is 4. The Bertz CT molecular complexity index is 1910. The smallest absolute Gasteiger partial charge is 0.416 e. The molecule has 0 aliphatic carbocycles. The first-order chi connectivity index (χ1) is 30.9. The molecule has 0 saturated carbocycles. The van der Waals surface area contributed by atoms with Crippen LogP contribution < -0.4 is 20.4 Å². The van der Waals surface area contributed by atoms with E-state index >= 15 is 0 Å². The molecule has 1 saturated heterocycles. The van der Waals surface area contributed by atoms with Gasteiger partial charge in [0.25, 0.3) is 0 Å². The van der Waals surface area contributed by atoms with Crippen LogP contribution in [0, 0.1) is 0 Å². The lowest BCUT2D eigenvalue weighted by Crippen LogP contribution is -2.51. The molecule has 3 rings (SSSR count). The molecule has 2 atom stereocenters. The number of nitrogens with zero attached hydrogens (tertiary/aromatic N) is 8. The molecule has 1 aliphatic heterocycles. The van der Waals surface area contributed by atoms with E-state index < -0.39 is 135 Å². The Morgan fingerprint density at radius 1 is 0.485 bits per heavy atom. The first kappa shape index (κ1) is 54.0. The van der Waals surface area contributed by atoms with Gasteiger partial charge in [-0.25, -0.2) is 9.59 Å². The lowest BCUT2D eigenvalue weighted by atomic mass is 10.0. The average Bonchev–Trinajstić information content (AvgIpc) is 3.22. The second kappa shape index (κ2) is 25.4. The van der Waals surface area contributed by atoms with E-state index in [4.69, 9.17) is 10.2 Å². The van der Waals surface area contributed by atoms with Crippen LogP contribution in [0.2, 0.25) is 0 Å². The summed E-state index contributed by atoms with van der Waals surface area (Å²) in [6.45, 7) is -4.14. The maximum absolute atomic E-state index is 13.3. The van der Waals surface area contributed by atoms with Gasteiger partial charge in [0.05, 0.1) is 11.1 Å². The minimum atomic E-state index is -4.65. The number of aliphatic imine (C=N–C) groups is 4. The molecular formula is C40H46F6N8O12-4. The molecule has 0 radical (unpaired) electrons. The van der Waals surface area contributed by atoms with Crippen molar-refractivity contribution < 1.29 is 86.4 Å². The Hall–Kier alpha value is -6.38. The molecule has 20 nitrogen and oxygen atoms in total. The molecular weight excluding hydrogens is 898 g/mol. The number of hydrogen-bond acceptors (Lipinski definition) is 16. The van der Waals surface area contributed by atoms with Crippen LogP contribution in [0.15, 0.2) is 68.5 Å². The van der Waals surface area contributed by atoms with Crippen LogP contribution in [-0.2, 0) is 44.4 Å². The molecule has 2 aromatic rings. The van der Waals surface area contributed by atoms with Crippen LogP contribution in [0.4, 0.5) is 26.3 Å². The van der Waals surface area contributed by atoms with Gasteiger partial charge in [-0.2, -0.15) is 26.3 Å². The summed E-state index contributed by atoms with van der Waals surface area (Å²) in [6, 6.07) is 3.81. The molecule has 364 valence electrons. The zero-order chi connectivity index (χ0) is 49.2. The highest BCUT2D eigenvalue weighted by Gasteiger charge is 2.31. The van der Waals surface area contributed by atoms with E-state index in [-0.39, 0.29) is 63.5 Å². The fourth-order valence-electron chi connectivity index (χ4n) is 6.30. The Kier molecular flexibility index (Phi) is 20.7. The summed E-state index contributed by atoms with van der Waals surface area (Å²) in [6.07, 6.45) is -10.2. The Morgan fingerprint density at radius 2 is 0.742 bits per heavy atom. The van der Waals surface area contributed by atoms with Crippen LogP contribution >= 0.6 is 0 Å². The van der Waals surface area contributed by atoms with E-state index in [0.29, 0.717) is 0 Å². The van der Waals surface area contributed by atoms with Crippen molar-refractivity contribution in [1.82, 2.24) is 19.6 Å². The monoisotopic (exact) mass is 944 g/mol. The molecule has 0 aromatic heterocycles. The van der Waals surface area contributed by atoms with Crippen LogP contribution in [0.1, 0.15) is 22.3 Å². The van der Waals surface area contributed by atoms with Crippen molar-refractivity contribution in [2.24, 2.45) is 20.0 Å². The molecule has 26 heteroatoms. The van der Waals surface area contributed by atoms with Gasteiger partial charge in [0.2, 0.25) is 0 Å². The van der Waals surface area contributed by atoms with Crippen molar-refractivity contribution in [2.75, 3.05) is 91.6 Å². The number of carboxylic acid groups (broad SMARTS) is 4. The van der Waals surface area contributed by atoms with Gasteiger partial charge in [-0.05, 0) is 59.0 Å². The summed E-state index contributed by atoms with van der Waals surface area (Å²) in [5.74, 6) is -9.49. The van der Waals surface area contributed by atoms with E-state index in [9.17, 15) is 76.2 Å². The fraction of sp³-hybridized carbons (Fsp3) is 0.500. The van der Waals surface area contributed by atoms with Crippen molar-refractivity contribution in [2.45, 2.75) is 37.3 Å². The SMILES string of the molecule is O=C(O)CN=C([O-])CN1CCN(CC([O-])=N[C@@H](Cc2ccc(C(F)(F)F)cc2)C(=O)O)CCN(CC([O-])=NCC(=O)O)CCN(CC([O-])=N[C@@H](Cc2ccc(C(F)(F)F)cc2)C(=O)O)CC1. The maximum Gasteiger partial charge on any atom is 0.416 e. The zero-order valence-corrected chi connectivity index (χ0v) is 35.0. The topological polar surface area (TPSA) is 304 Å². The molecule has 0 bridgehead atoms. The molecule has 0 spiro atoms. The highest BCUT2D eigenvalue weighted by molar-refractivity contribution is 5.82. The summed E-state index contributed by atoms with van der Waals surface area (Å²) in [7, 11) is 0. The van der Waals surface area contributed by atoms with Crippen molar-refractivity contribution in [3.63, 3.8) is 0 Å². The van der Waals surface area contributed by atoms with Gasteiger partial charge in [0.1, 0.15) is 25.2 Å². The summed E-state index contributed by atoms with van der Waals surface area (Å²) in [4.78, 5) is 66.9. The normalized spacial score (nSPS) is 17.7. The van der Waals surface area contributed by atoms with Gasteiger partial charge in [-0.1, -0.05) is 24.3 Å². The number of benzene rings is 2. The third-order valence-electron chi connectivity index (χ3n) is 9.74. The third-order valence-corrected chi connectivity index (χ3v) is 9.74. The first-order valence-corrected chi connectivity index (χ1v) is 19.9. The number of carbonyl (C=O) groups is 4. The zero-order valence-electron chi connectivity index (χ0n) is 35.0. The van der Waals surface area contributed by atoms with Gasteiger partial charge in [-0.15, -0.1) is 0 Å². The molecule has 1 heterocycles. The Labute approximate surface area is 372 Å². The fourth-order valence-corrected chi connectivity index (χ4v) is 6.30. The second-order valence-corrected chi connectivity index (χ2v) is 14.9. The predicted octanol–water partition coefficient (Wildman–Crippen LogP) is -2.16. The first-order valence-electron chi connectivity index (χ1n) is 19.9. The molecule has 0 unspecified atom stereocenters. The lowest BCUT2D eigenvalue weighted by molar-refractivity contribution is -0.222. The molecule has 1 aliphatic rings. The second-order valence-electron chi connectivity index (χ2n) is 14.9. The van der Waals surface area contributed by atoms with E-state index in [0.717, 1.165) is 48.5 Å². The number of rotatable bonds is 20. The number of aliphatic carboxylic acids is 4. The van der Waals surface area contributed by atoms with Crippen LogP contribution in [0.5, 0.6) is 0 Å². The van der Waals surface area contributed by atoms with Crippen molar-refractivity contribution >= 4 is 47.5 Å². The number of hydrogen-bond donors (Lipinski definition) is 4. The highest BCUT2D eigenvalue weighted by Crippen LogP contribution is 2.30. The van der Waals surface area contributed by atoms with Gasteiger partial charge >= 0.3 is 36.2 Å². The van der Waals surface area contributed by atoms with E-state index in [2.05, 4.69) is 20.0 Å². The summed E-state index contributed by atoms with van der Waals surface area (Å²) < 4.78 is 78.3. The van der Waals surface area contributed by atoms with Crippen LogP contribution in [0.25, 0.3) is 0 Å². The minimum Gasteiger partial charge on any atom is -0.861 e. The van der Waals surface area contributed by atoms with Crippen LogP contribution in [0.3, 0.4) is 0 Å². The molecule has 2 aromatic carbocycles. The minimum absolute atomic E-state index is 0.0528. The number of halogens is 6. The van der Waals surface area contributed by atoms with Crippen molar-refractivity contribution in [3.05, 3.63) is 70.8 Å². The summed E-state index contributed by atoms with van der Waals surface area (Å²) in [5.41, 5.74) is -1.66. The van der Waals surface area contributed by atoms with E-state index in [1.807, 2.05) is 0 Å². The van der Waals surface area contributed by atoms with Gasteiger partial charge < -0.3 is 40.9 Å². The lowest BCUT2D eigenvalue weighted by Gasteiger charge is -2.36. The Balaban J connectivity index is 1.92. The number of alkyl halides is 6. The van der Waals surface area contributed by atoms with E-state index in [1.165, 1.54) is 19.6 Å². The molecule has 66 heavy (non-hydrogen) atoms.